The van der Waals surface area contributed by atoms with E-state index >= 15 is 0 Å². The molecule has 1 N–H and O–H groups in total. The zero-order valence-electron chi connectivity index (χ0n) is 12.6. The number of rotatable bonds is 7. The summed E-state index contributed by atoms with van der Waals surface area (Å²) in [5, 5.41) is 2.50. The number of ether oxygens (including phenoxy) is 2. The van der Waals surface area contributed by atoms with Crippen molar-refractivity contribution in [2.45, 2.75) is 26.3 Å². The van der Waals surface area contributed by atoms with E-state index in [4.69, 9.17) is 9.15 Å². The average molecular weight is 376 g/mol. The third kappa shape index (κ3) is 5.18. The lowest BCUT2D eigenvalue weighted by Gasteiger charge is -2.21. The minimum Gasteiger partial charge on any atom is -0.467 e. The Kier molecular flexibility index (Phi) is 7.10. The SMILES string of the molecule is CCC(C)C(NC(=O)COC(=O)c1ccc(Br)o1)C(=O)OC. The van der Waals surface area contributed by atoms with Gasteiger partial charge in [-0.05, 0) is 34.0 Å². The normalized spacial score (nSPS) is 13.1. The van der Waals surface area contributed by atoms with Gasteiger partial charge in [0.1, 0.15) is 6.04 Å². The number of methoxy groups -OCH3 is 1. The van der Waals surface area contributed by atoms with E-state index in [1.165, 1.54) is 19.2 Å². The van der Waals surface area contributed by atoms with Crippen molar-refractivity contribution < 1.29 is 28.3 Å². The van der Waals surface area contributed by atoms with E-state index in [1.54, 1.807) is 0 Å². The summed E-state index contributed by atoms with van der Waals surface area (Å²) in [7, 11) is 1.25. The number of furan rings is 1. The summed E-state index contributed by atoms with van der Waals surface area (Å²) < 4.78 is 14.9. The van der Waals surface area contributed by atoms with Crippen molar-refractivity contribution in [2.24, 2.45) is 5.92 Å². The molecule has 8 heteroatoms. The van der Waals surface area contributed by atoms with Crippen molar-refractivity contribution in [3.8, 4) is 0 Å². The van der Waals surface area contributed by atoms with Crippen LogP contribution in [0.15, 0.2) is 21.2 Å². The topological polar surface area (TPSA) is 94.8 Å². The summed E-state index contributed by atoms with van der Waals surface area (Å²) >= 11 is 3.06. The maximum atomic E-state index is 11.8. The van der Waals surface area contributed by atoms with Crippen LogP contribution in [-0.4, -0.2) is 37.6 Å². The molecular formula is C14H18BrNO6. The molecule has 0 spiro atoms. The monoisotopic (exact) mass is 375 g/mol. The van der Waals surface area contributed by atoms with Gasteiger partial charge in [0.2, 0.25) is 5.76 Å². The molecule has 2 atom stereocenters. The predicted molar refractivity (Wildman–Crippen MR) is 80.1 cm³/mol. The quantitative estimate of drug-likeness (QED) is 0.731. The van der Waals surface area contributed by atoms with Crippen LogP contribution in [0.3, 0.4) is 0 Å². The Morgan fingerprint density at radius 3 is 2.55 bits per heavy atom. The molecular weight excluding hydrogens is 358 g/mol. The largest absolute Gasteiger partial charge is 0.467 e. The average Bonchev–Trinajstić information content (AvgIpc) is 2.95. The van der Waals surface area contributed by atoms with Crippen LogP contribution in [0.2, 0.25) is 0 Å². The van der Waals surface area contributed by atoms with Crippen molar-refractivity contribution in [3.05, 3.63) is 22.6 Å². The number of hydrogen-bond acceptors (Lipinski definition) is 6. The molecule has 0 aliphatic rings. The molecule has 2 unspecified atom stereocenters. The highest BCUT2D eigenvalue weighted by Crippen LogP contribution is 2.14. The van der Waals surface area contributed by atoms with Gasteiger partial charge >= 0.3 is 11.9 Å². The second-order valence-electron chi connectivity index (χ2n) is 4.63. The highest BCUT2D eigenvalue weighted by atomic mass is 79.9. The minimum absolute atomic E-state index is 0.0221. The smallest absolute Gasteiger partial charge is 0.374 e. The number of hydrogen-bond donors (Lipinski definition) is 1. The molecule has 0 bridgehead atoms. The number of esters is 2. The number of amides is 1. The molecule has 1 rings (SSSR count). The first kappa shape index (κ1) is 18.2. The van der Waals surface area contributed by atoms with Gasteiger partial charge in [0.25, 0.3) is 5.91 Å². The molecule has 7 nitrogen and oxygen atoms in total. The lowest BCUT2D eigenvalue weighted by atomic mass is 9.99. The maximum absolute atomic E-state index is 11.8. The molecule has 0 radical (unpaired) electrons. The van der Waals surface area contributed by atoms with Crippen molar-refractivity contribution in [1.82, 2.24) is 5.32 Å². The van der Waals surface area contributed by atoms with Gasteiger partial charge in [0.05, 0.1) is 7.11 Å². The summed E-state index contributed by atoms with van der Waals surface area (Å²) in [5.41, 5.74) is 0. The molecule has 0 saturated carbocycles. The van der Waals surface area contributed by atoms with Crippen LogP contribution in [0.1, 0.15) is 30.8 Å². The second-order valence-corrected chi connectivity index (χ2v) is 5.42. The number of nitrogens with one attached hydrogen (secondary N) is 1. The molecule has 1 amide bonds. The van der Waals surface area contributed by atoms with E-state index in [2.05, 4.69) is 26.0 Å². The lowest BCUT2D eigenvalue weighted by molar-refractivity contribution is -0.147. The Bertz CT molecular complexity index is 541. The van der Waals surface area contributed by atoms with Crippen molar-refractivity contribution >= 4 is 33.8 Å². The summed E-state index contributed by atoms with van der Waals surface area (Å²) in [5.74, 6) is -2.02. The van der Waals surface area contributed by atoms with Gasteiger partial charge in [-0.3, -0.25) is 4.79 Å². The first-order valence-electron chi connectivity index (χ1n) is 6.68. The Morgan fingerprint density at radius 2 is 2.05 bits per heavy atom. The zero-order valence-corrected chi connectivity index (χ0v) is 14.1. The van der Waals surface area contributed by atoms with Gasteiger partial charge in [0, 0.05) is 0 Å². The first-order valence-corrected chi connectivity index (χ1v) is 7.48. The highest BCUT2D eigenvalue weighted by molar-refractivity contribution is 9.10. The van der Waals surface area contributed by atoms with Crippen LogP contribution in [0.5, 0.6) is 0 Å². The van der Waals surface area contributed by atoms with Gasteiger partial charge in [-0.15, -0.1) is 0 Å². The minimum atomic E-state index is -0.779. The van der Waals surface area contributed by atoms with Crippen molar-refractivity contribution in [3.63, 3.8) is 0 Å². The van der Waals surface area contributed by atoms with Crippen molar-refractivity contribution in [2.75, 3.05) is 13.7 Å². The number of carbonyl (C=O) groups is 3. The molecule has 1 aromatic heterocycles. The van der Waals surface area contributed by atoms with Gasteiger partial charge in [-0.2, -0.15) is 0 Å². The summed E-state index contributed by atoms with van der Waals surface area (Å²) in [4.78, 5) is 35.1. The molecule has 1 aromatic rings. The van der Waals surface area contributed by atoms with E-state index < -0.39 is 30.5 Å². The fourth-order valence-electron chi connectivity index (χ4n) is 1.64. The standard InChI is InChI=1S/C14H18BrNO6/c1-4-8(2)12(14(19)20-3)16-11(17)7-21-13(18)9-5-6-10(15)22-9/h5-6,8,12H,4,7H2,1-3H3,(H,16,17). The van der Waals surface area contributed by atoms with Crippen LogP contribution in [0.4, 0.5) is 0 Å². The van der Waals surface area contributed by atoms with Crippen LogP contribution in [0.25, 0.3) is 0 Å². The van der Waals surface area contributed by atoms with Crippen LogP contribution in [0, 0.1) is 5.92 Å². The number of halogens is 1. The summed E-state index contributed by atoms with van der Waals surface area (Å²) in [6.07, 6.45) is 0.681. The van der Waals surface area contributed by atoms with Gasteiger partial charge in [-0.1, -0.05) is 20.3 Å². The summed E-state index contributed by atoms with van der Waals surface area (Å²) in [6, 6.07) is 2.17. The molecule has 122 valence electrons. The number of carbonyl (C=O) groups excluding carboxylic acids is 3. The van der Waals surface area contributed by atoms with E-state index in [-0.39, 0.29) is 11.7 Å². The Morgan fingerprint density at radius 1 is 1.36 bits per heavy atom. The lowest BCUT2D eigenvalue weighted by Crippen LogP contribution is -2.47. The molecule has 0 aliphatic heterocycles. The maximum Gasteiger partial charge on any atom is 0.374 e. The van der Waals surface area contributed by atoms with E-state index in [0.717, 1.165) is 0 Å². The second kappa shape index (κ2) is 8.57. The summed E-state index contributed by atoms with van der Waals surface area (Å²) in [6.45, 7) is 3.19. The van der Waals surface area contributed by atoms with Crippen LogP contribution in [-0.2, 0) is 19.1 Å². The zero-order chi connectivity index (χ0) is 16.7. The molecule has 0 saturated heterocycles. The third-order valence-corrected chi connectivity index (χ3v) is 3.52. The Balaban J connectivity index is 2.53. The van der Waals surface area contributed by atoms with E-state index in [0.29, 0.717) is 11.1 Å². The predicted octanol–water partition coefficient (Wildman–Crippen LogP) is 1.90. The molecule has 22 heavy (non-hydrogen) atoms. The van der Waals surface area contributed by atoms with E-state index in [1.807, 2.05) is 13.8 Å². The molecule has 0 aliphatic carbocycles. The molecule has 0 aromatic carbocycles. The Hall–Kier alpha value is -1.83. The van der Waals surface area contributed by atoms with Gasteiger partial charge < -0.3 is 19.2 Å². The van der Waals surface area contributed by atoms with Gasteiger partial charge in [0.15, 0.2) is 11.3 Å². The fraction of sp³-hybridized carbons (Fsp3) is 0.500. The molecule has 1 heterocycles. The highest BCUT2D eigenvalue weighted by Gasteiger charge is 2.27. The Labute approximate surface area is 136 Å². The fourth-order valence-corrected chi connectivity index (χ4v) is 1.94. The van der Waals surface area contributed by atoms with Crippen molar-refractivity contribution in [1.29, 1.82) is 0 Å². The van der Waals surface area contributed by atoms with E-state index in [9.17, 15) is 14.4 Å². The van der Waals surface area contributed by atoms with Gasteiger partial charge in [-0.25, -0.2) is 9.59 Å². The van der Waals surface area contributed by atoms with Crippen LogP contribution < -0.4 is 5.32 Å². The third-order valence-electron chi connectivity index (χ3n) is 3.09. The first-order chi connectivity index (χ1) is 10.4. The van der Waals surface area contributed by atoms with Crippen LogP contribution >= 0.6 is 15.9 Å². The molecule has 0 fully saturated rings.